The molecule has 5 nitrogen and oxygen atoms in total. The number of hydrogen-bond donors (Lipinski definition) is 2. The van der Waals surface area contributed by atoms with Crippen molar-refractivity contribution in [1.82, 2.24) is 0 Å². The van der Waals surface area contributed by atoms with Gasteiger partial charge in [0.2, 0.25) is 0 Å². The van der Waals surface area contributed by atoms with E-state index in [4.69, 9.17) is 14.6 Å². The number of aromatic hydroxyl groups is 1. The van der Waals surface area contributed by atoms with Crippen molar-refractivity contribution in [1.29, 1.82) is 0 Å². The lowest BCUT2D eigenvalue weighted by atomic mass is 9.90. The summed E-state index contributed by atoms with van der Waals surface area (Å²) in [5.74, 6) is -0.653. The van der Waals surface area contributed by atoms with E-state index < -0.39 is 12.3 Å². The molecule has 1 aliphatic heterocycles. The van der Waals surface area contributed by atoms with Gasteiger partial charge in [-0.1, -0.05) is 97.1 Å². The first kappa shape index (κ1) is 24.8. The lowest BCUT2D eigenvalue weighted by Crippen LogP contribution is -2.30. The average Bonchev–Trinajstić information content (AvgIpc) is 2.93. The molecule has 5 rings (SSSR count). The molecule has 0 bridgehead atoms. The molecule has 188 valence electrons. The van der Waals surface area contributed by atoms with Crippen LogP contribution < -0.4 is 0 Å². The van der Waals surface area contributed by atoms with E-state index in [1.54, 1.807) is 12.1 Å². The molecular formula is C32H30O5. The quantitative estimate of drug-likeness (QED) is 0.249. The summed E-state index contributed by atoms with van der Waals surface area (Å²) >= 11 is 0. The van der Waals surface area contributed by atoms with Gasteiger partial charge in [0.25, 0.3) is 0 Å². The van der Waals surface area contributed by atoms with Crippen molar-refractivity contribution in [2.24, 2.45) is 5.92 Å². The minimum absolute atomic E-state index is 0.0321. The zero-order valence-corrected chi connectivity index (χ0v) is 20.5. The number of ether oxygens (including phenoxy) is 2. The second-order valence-corrected chi connectivity index (χ2v) is 9.29. The van der Waals surface area contributed by atoms with Crippen molar-refractivity contribution in [3.8, 4) is 16.9 Å². The number of aliphatic carboxylic acids is 1. The van der Waals surface area contributed by atoms with Crippen LogP contribution in [0.15, 0.2) is 103 Å². The van der Waals surface area contributed by atoms with Gasteiger partial charge in [0.1, 0.15) is 5.75 Å². The zero-order chi connectivity index (χ0) is 25.6. The topological polar surface area (TPSA) is 76.0 Å². The van der Waals surface area contributed by atoms with Gasteiger partial charge in [0.15, 0.2) is 6.29 Å². The number of carbonyl (C=O) groups is 1. The molecule has 0 saturated carbocycles. The molecule has 1 fully saturated rings. The molecule has 3 atom stereocenters. The summed E-state index contributed by atoms with van der Waals surface area (Å²) in [5.41, 5.74) is 3.83. The predicted molar refractivity (Wildman–Crippen MR) is 144 cm³/mol. The molecule has 1 heterocycles. The maximum absolute atomic E-state index is 10.8. The van der Waals surface area contributed by atoms with Gasteiger partial charge in [-0.05, 0) is 40.8 Å². The lowest BCUT2D eigenvalue weighted by molar-refractivity contribution is -0.243. The van der Waals surface area contributed by atoms with E-state index in [-0.39, 0.29) is 24.2 Å². The highest BCUT2D eigenvalue weighted by atomic mass is 16.7. The van der Waals surface area contributed by atoms with Gasteiger partial charge in [0.05, 0.1) is 12.7 Å². The molecule has 4 aromatic carbocycles. The highest BCUT2D eigenvalue weighted by Crippen LogP contribution is 2.45. The van der Waals surface area contributed by atoms with Crippen molar-refractivity contribution < 1.29 is 24.5 Å². The van der Waals surface area contributed by atoms with Crippen LogP contribution in [0.3, 0.4) is 0 Å². The Bertz CT molecular complexity index is 1400. The van der Waals surface area contributed by atoms with E-state index in [1.807, 2.05) is 54.6 Å². The fraction of sp³-hybridized carbons (Fsp3) is 0.219. The van der Waals surface area contributed by atoms with Crippen molar-refractivity contribution in [3.05, 3.63) is 114 Å². The van der Waals surface area contributed by atoms with E-state index in [0.29, 0.717) is 19.4 Å². The number of phenolic OH excluding ortho intramolecular Hbond substituents is 1. The summed E-state index contributed by atoms with van der Waals surface area (Å²) in [4.78, 5) is 10.8. The predicted octanol–water partition coefficient (Wildman–Crippen LogP) is 7.43. The molecule has 0 aliphatic carbocycles. The first-order valence-electron chi connectivity index (χ1n) is 12.6. The smallest absolute Gasteiger partial charge is 0.303 e. The molecule has 0 spiro atoms. The van der Waals surface area contributed by atoms with E-state index in [9.17, 15) is 9.90 Å². The third-order valence-corrected chi connectivity index (χ3v) is 6.83. The number of fused-ring (bicyclic) bond motifs is 1. The molecule has 1 aliphatic rings. The fourth-order valence-corrected chi connectivity index (χ4v) is 5.00. The first-order valence-corrected chi connectivity index (χ1v) is 12.6. The van der Waals surface area contributed by atoms with Crippen LogP contribution in [-0.4, -0.2) is 22.8 Å². The van der Waals surface area contributed by atoms with Gasteiger partial charge in [-0.25, -0.2) is 0 Å². The fourth-order valence-electron chi connectivity index (χ4n) is 5.00. The molecule has 4 aromatic rings. The van der Waals surface area contributed by atoms with Crippen LogP contribution in [0.4, 0.5) is 0 Å². The standard InChI is InChI=1S/C32H30O5/c33-29-19-9-8-17-28(29)31-23(12-2-1-3-20-30(34)35)21-36-32(37-31)27-16-7-6-15-26(27)25-18-10-13-22-11-4-5-14-24(22)25/h1-2,4-11,13-19,23,31-33H,3,12,20-21H2,(H,34,35). The van der Waals surface area contributed by atoms with Crippen LogP contribution in [0.25, 0.3) is 21.9 Å². The summed E-state index contributed by atoms with van der Waals surface area (Å²) < 4.78 is 12.9. The third kappa shape index (κ3) is 5.58. The van der Waals surface area contributed by atoms with E-state index in [0.717, 1.165) is 27.6 Å². The molecule has 0 aromatic heterocycles. The van der Waals surface area contributed by atoms with Gasteiger partial charge in [-0.15, -0.1) is 0 Å². The molecule has 37 heavy (non-hydrogen) atoms. The number of carboxylic acid groups (broad SMARTS) is 1. The summed E-state index contributed by atoms with van der Waals surface area (Å²) in [7, 11) is 0. The molecule has 0 radical (unpaired) electrons. The van der Waals surface area contributed by atoms with Crippen molar-refractivity contribution in [3.63, 3.8) is 0 Å². The van der Waals surface area contributed by atoms with E-state index >= 15 is 0 Å². The SMILES string of the molecule is O=C(O)CCC=CCC1COC(c2ccccc2-c2cccc3ccccc23)OC1c1ccccc1O. The number of para-hydroxylation sites is 1. The Morgan fingerprint density at radius 1 is 0.838 bits per heavy atom. The lowest BCUT2D eigenvalue weighted by Gasteiger charge is -2.37. The van der Waals surface area contributed by atoms with Gasteiger partial charge >= 0.3 is 5.97 Å². The van der Waals surface area contributed by atoms with E-state index in [2.05, 4.69) is 36.4 Å². The summed E-state index contributed by atoms with van der Waals surface area (Å²) in [5, 5.41) is 21.9. The molecule has 3 unspecified atom stereocenters. The summed E-state index contributed by atoms with van der Waals surface area (Å²) in [6.45, 7) is 0.441. The van der Waals surface area contributed by atoms with Gasteiger partial charge < -0.3 is 19.7 Å². The number of allylic oxidation sites excluding steroid dienone is 2. The molecular weight excluding hydrogens is 464 g/mol. The van der Waals surface area contributed by atoms with Crippen LogP contribution in [0.1, 0.15) is 42.8 Å². The molecule has 5 heteroatoms. The Hall–Kier alpha value is -3.93. The number of carboxylic acids is 1. The second-order valence-electron chi connectivity index (χ2n) is 9.29. The van der Waals surface area contributed by atoms with Crippen LogP contribution in [-0.2, 0) is 14.3 Å². The minimum Gasteiger partial charge on any atom is -0.508 e. The number of phenols is 1. The van der Waals surface area contributed by atoms with Gasteiger partial charge in [-0.3, -0.25) is 4.79 Å². The maximum atomic E-state index is 10.8. The van der Waals surface area contributed by atoms with E-state index in [1.165, 1.54) is 5.39 Å². The molecule has 0 amide bonds. The Labute approximate surface area is 216 Å². The first-order chi connectivity index (χ1) is 18.1. The molecule has 2 N–H and O–H groups in total. The largest absolute Gasteiger partial charge is 0.508 e. The minimum atomic E-state index is -0.811. The molecule has 1 saturated heterocycles. The van der Waals surface area contributed by atoms with Crippen LogP contribution in [0.2, 0.25) is 0 Å². The zero-order valence-electron chi connectivity index (χ0n) is 20.5. The maximum Gasteiger partial charge on any atom is 0.303 e. The normalized spacial score (nSPS) is 19.8. The Morgan fingerprint density at radius 2 is 1.54 bits per heavy atom. The van der Waals surface area contributed by atoms with Crippen molar-refractivity contribution in [2.45, 2.75) is 31.7 Å². The van der Waals surface area contributed by atoms with Crippen LogP contribution in [0, 0.1) is 5.92 Å². The van der Waals surface area contributed by atoms with Gasteiger partial charge in [-0.2, -0.15) is 0 Å². The monoisotopic (exact) mass is 494 g/mol. The second kappa shape index (κ2) is 11.4. The van der Waals surface area contributed by atoms with Crippen LogP contribution in [0.5, 0.6) is 5.75 Å². The number of benzene rings is 4. The third-order valence-electron chi connectivity index (χ3n) is 6.83. The summed E-state index contributed by atoms with van der Waals surface area (Å²) in [6.07, 6.45) is 4.11. The number of rotatable bonds is 8. The van der Waals surface area contributed by atoms with Crippen molar-refractivity contribution in [2.75, 3.05) is 6.61 Å². The Morgan fingerprint density at radius 3 is 2.38 bits per heavy atom. The Balaban J connectivity index is 1.46. The highest BCUT2D eigenvalue weighted by molar-refractivity contribution is 5.97. The number of hydrogen-bond acceptors (Lipinski definition) is 4. The summed E-state index contributed by atoms with van der Waals surface area (Å²) in [6, 6.07) is 30.0. The highest BCUT2D eigenvalue weighted by Gasteiger charge is 2.35. The van der Waals surface area contributed by atoms with Crippen molar-refractivity contribution >= 4 is 16.7 Å². The van der Waals surface area contributed by atoms with Crippen LogP contribution >= 0.6 is 0 Å². The van der Waals surface area contributed by atoms with Gasteiger partial charge in [0, 0.05) is 23.5 Å². The average molecular weight is 495 g/mol. The Kier molecular flexibility index (Phi) is 7.64.